The van der Waals surface area contributed by atoms with Crippen LogP contribution in [-0.2, 0) is 11.2 Å². The van der Waals surface area contributed by atoms with Gasteiger partial charge in [0.25, 0.3) is 0 Å². The van der Waals surface area contributed by atoms with E-state index in [0.717, 1.165) is 19.5 Å². The van der Waals surface area contributed by atoms with Crippen LogP contribution in [0, 0.1) is 0 Å². The van der Waals surface area contributed by atoms with Crippen LogP contribution in [0.2, 0.25) is 0 Å². The molecule has 1 aromatic carbocycles. The molecule has 1 saturated heterocycles. The Morgan fingerprint density at radius 2 is 2.12 bits per heavy atom. The molecule has 0 spiro atoms. The maximum absolute atomic E-state index is 6.14. The molecule has 0 saturated carbocycles. The highest BCUT2D eigenvalue weighted by Crippen LogP contribution is 2.29. The molecule has 1 aliphatic heterocycles. The number of rotatable bonds is 2. The molecule has 1 atom stereocenters. The largest absolute Gasteiger partial charge is 0.365 e. The fraction of sp³-hybridized carbons (Fsp3) is 0.571. The summed E-state index contributed by atoms with van der Waals surface area (Å²) in [5, 5.41) is 3.45. The number of morpholine rings is 1. The molecule has 88 valence electrons. The molecule has 2 heteroatoms. The minimum absolute atomic E-state index is 0.0657. The topological polar surface area (TPSA) is 21.3 Å². The summed E-state index contributed by atoms with van der Waals surface area (Å²) >= 11 is 0. The van der Waals surface area contributed by atoms with Crippen molar-refractivity contribution in [2.75, 3.05) is 13.1 Å². The first-order valence-electron chi connectivity index (χ1n) is 6.09. The summed E-state index contributed by atoms with van der Waals surface area (Å²) < 4.78 is 6.14. The maximum atomic E-state index is 6.14. The Balaban J connectivity index is 2.23. The molecule has 0 bridgehead atoms. The summed E-state index contributed by atoms with van der Waals surface area (Å²) in [6.07, 6.45) is 1.26. The molecular weight excluding hydrogens is 198 g/mol. The van der Waals surface area contributed by atoms with Gasteiger partial charge >= 0.3 is 0 Å². The van der Waals surface area contributed by atoms with Gasteiger partial charge in [0.15, 0.2) is 0 Å². The Bertz CT molecular complexity index is 360. The lowest BCUT2D eigenvalue weighted by atomic mass is 9.97. The van der Waals surface area contributed by atoms with Crippen molar-refractivity contribution >= 4 is 0 Å². The highest BCUT2D eigenvalue weighted by atomic mass is 16.5. The van der Waals surface area contributed by atoms with Crippen molar-refractivity contribution in [2.24, 2.45) is 0 Å². The van der Waals surface area contributed by atoms with E-state index in [0.29, 0.717) is 0 Å². The second-order valence-corrected chi connectivity index (χ2v) is 5.05. The van der Waals surface area contributed by atoms with Crippen LogP contribution in [0.5, 0.6) is 0 Å². The molecule has 1 N–H and O–H groups in total. The number of ether oxygens (including phenoxy) is 1. The first kappa shape index (κ1) is 11.6. The lowest BCUT2D eigenvalue weighted by molar-refractivity contribution is -0.0961. The van der Waals surface area contributed by atoms with E-state index in [4.69, 9.17) is 4.74 Å². The Labute approximate surface area is 98.0 Å². The molecule has 16 heavy (non-hydrogen) atoms. The molecule has 1 fully saturated rings. The second-order valence-electron chi connectivity index (χ2n) is 5.05. The van der Waals surface area contributed by atoms with Crippen molar-refractivity contribution in [1.29, 1.82) is 0 Å². The van der Waals surface area contributed by atoms with Crippen LogP contribution in [0.1, 0.15) is 38.0 Å². The van der Waals surface area contributed by atoms with E-state index in [9.17, 15) is 0 Å². The van der Waals surface area contributed by atoms with Gasteiger partial charge in [0.2, 0.25) is 0 Å². The Morgan fingerprint density at radius 1 is 1.38 bits per heavy atom. The molecule has 2 rings (SSSR count). The molecule has 2 nitrogen and oxygen atoms in total. The van der Waals surface area contributed by atoms with Crippen molar-refractivity contribution < 1.29 is 4.74 Å². The molecule has 1 heterocycles. The van der Waals surface area contributed by atoms with Crippen molar-refractivity contribution in [1.82, 2.24) is 5.32 Å². The normalized spacial score (nSPS) is 24.3. The average molecular weight is 219 g/mol. The Kier molecular flexibility index (Phi) is 3.31. The van der Waals surface area contributed by atoms with Crippen molar-refractivity contribution in [2.45, 2.75) is 38.9 Å². The molecule has 1 unspecified atom stereocenters. The van der Waals surface area contributed by atoms with E-state index in [2.05, 4.69) is 50.4 Å². The second kappa shape index (κ2) is 4.56. The quantitative estimate of drug-likeness (QED) is 0.825. The third-order valence-electron chi connectivity index (χ3n) is 3.12. The van der Waals surface area contributed by atoms with Gasteiger partial charge in [-0.2, -0.15) is 0 Å². The van der Waals surface area contributed by atoms with E-state index in [1.54, 1.807) is 0 Å². The number of aryl methyl sites for hydroxylation is 1. The average Bonchev–Trinajstić information content (AvgIpc) is 2.27. The van der Waals surface area contributed by atoms with Crippen LogP contribution in [0.15, 0.2) is 24.3 Å². The molecule has 1 aliphatic rings. The van der Waals surface area contributed by atoms with E-state index in [1.807, 2.05) is 0 Å². The van der Waals surface area contributed by atoms with Crippen molar-refractivity contribution in [3.8, 4) is 0 Å². The molecular formula is C14H21NO. The van der Waals surface area contributed by atoms with Crippen molar-refractivity contribution in [3.63, 3.8) is 0 Å². The van der Waals surface area contributed by atoms with Crippen LogP contribution in [0.25, 0.3) is 0 Å². The zero-order chi connectivity index (χ0) is 11.6. The lowest BCUT2D eigenvalue weighted by Crippen LogP contribution is -2.47. The van der Waals surface area contributed by atoms with E-state index in [-0.39, 0.29) is 11.7 Å². The van der Waals surface area contributed by atoms with Crippen LogP contribution in [0.4, 0.5) is 0 Å². The number of nitrogens with one attached hydrogen (secondary N) is 1. The fourth-order valence-corrected chi connectivity index (χ4v) is 2.32. The van der Waals surface area contributed by atoms with Crippen molar-refractivity contribution in [3.05, 3.63) is 35.4 Å². The summed E-state index contributed by atoms with van der Waals surface area (Å²) in [5.41, 5.74) is 2.67. The molecule has 0 aliphatic carbocycles. The van der Waals surface area contributed by atoms with Crippen LogP contribution >= 0.6 is 0 Å². The monoisotopic (exact) mass is 219 g/mol. The molecule has 0 radical (unpaired) electrons. The molecule has 0 amide bonds. The van der Waals surface area contributed by atoms with Crippen LogP contribution in [-0.4, -0.2) is 18.7 Å². The molecule has 0 aromatic heterocycles. The third kappa shape index (κ3) is 2.45. The van der Waals surface area contributed by atoms with Gasteiger partial charge in [-0.3, -0.25) is 0 Å². The van der Waals surface area contributed by atoms with Gasteiger partial charge in [0, 0.05) is 13.1 Å². The first-order chi connectivity index (χ1) is 7.62. The minimum atomic E-state index is -0.0657. The summed E-state index contributed by atoms with van der Waals surface area (Å²) in [4.78, 5) is 0. The van der Waals surface area contributed by atoms with E-state index in [1.165, 1.54) is 11.1 Å². The SMILES string of the molecule is CCc1ccccc1C1CNCC(C)(C)O1. The van der Waals surface area contributed by atoms with Gasteiger partial charge in [-0.1, -0.05) is 31.2 Å². The molecule has 1 aromatic rings. The third-order valence-corrected chi connectivity index (χ3v) is 3.12. The fourth-order valence-electron chi connectivity index (χ4n) is 2.32. The number of hydrogen-bond donors (Lipinski definition) is 1. The van der Waals surface area contributed by atoms with Crippen LogP contribution in [0.3, 0.4) is 0 Å². The highest BCUT2D eigenvalue weighted by Gasteiger charge is 2.29. The minimum Gasteiger partial charge on any atom is -0.365 e. The summed E-state index contributed by atoms with van der Waals surface area (Å²) in [5.74, 6) is 0. The Hall–Kier alpha value is -0.860. The standard InChI is InChI=1S/C14H21NO/c1-4-11-7-5-6-8-12(11)13-9-15-10-14(2,3)16-13/h5-8,13,15H,4,9-10H2,1-3H3. The predicted molar refractivity (Wildman–Crippen MR) is 66.6 cm³/mol. The summed E-state index contributed by atoms with van der Waals surface area (Å²) in [6, 6.07) is 8.58. The van der Waals surface area contributed by atoms with Gasteiger partial charge in [-0.15, -0.1) is 0 Å². The maximum Gasteiger partial charge on any atom is 0.0959 e. The zero-order valence-electron chi connectivity index (χ0n) is 10.4. The smallest absolute Gasteiger partial charge is 0.0959 e. The lowest BCUT2D eigenvalue weighted by Gasteiger charge is -2.37. The van der Waals surface area contributed by atoms with E-state index >= 15 is 0 Å². The van der Waals surface area contributed by atoms with Gasteiger partial charge in [0.05, 0.1) is 11.7 Å². The zero-order valence-corrected chi connectivity index (χ0v) is 10.4. The Morgan fingerprint density at radius 3 is 2.81 bits per heavy atom. The summed E-state index contributed by atoms with van der Waals surface area (Å²) in [7, 11) is 0. The van der Waals surface area contributed by atoms with Gasteiger partial charge in [-0.05, 0) is 31.4 Å². The van der Waals surface area contributed by atoms with E-state index < -0.39 is 0 Å². The van der Waals surface area contributed by atoms with Gasteiger partial charge in [-0.25, -0.2) is 0 Å². The van der Waals surface area contributed by atoms with Gasteiger partial charge in [0.1, 0.15) is 0 Å². The first-order valence-corrected chi connectivity index (χ1v) is 6.09. The number of benzene rings is 1. The van der Waals surface area contributed by atoms with Gasteiger partial charge < -0.3 is 10.1 Å². The van der Waals surface area contributed by atoms with Crippen LogP contribution < -0.4 is 5.32 Å². The predicted octanol–water partition coefficient (Wildman–Crippen LogP) is 2.69. The summed E-state index contributed by atoms with van der Waals surface area (Å²) in [6.45, 7) is 8.32. The highest BCUT2D eigenvalue weighted by molar-refractivity contribution is 5.29. The number of hydrogen-bond acceptors (Lipinski definition) is 2.